The lowest BCUT2D eigenvalue weighted by molar-refractivity contribution is 0.00706. The molecule has 10 heteroatoms. The standard InChI is InChI=1S/C26H23ClFN3O5/c27-16-8-19-25(31-26(30-19)36-21-11-35-23-20(32)10-34-24(21)23)29-18(16)7-13-2-1-12-5-15(6-17(28)22(12)13)14-3-4-33-9-14/h3-6,8-9,13,20-21,23-24,32H,1-2,7,10-11H2,(H,29,30,31)/t13?,20-,21-,23-,24-/m1/s1. The molecule has 0 amide bonds. The number of hydrogen-bond donors (Lipinski definition) is 2. The summed E-state index contributed by atoms with van der Waals surface area (Å²) in [6, 6.07) is 7.51. The Morgan fingerprint density at radius 3 is 2.89 bits per heavy atom. The number of nitrogens with one attached hydrogen (secondary N) is 1. The quantitative estimate of drug-likeness (QED) is 0.414. The van der Waals surface area contributed by atoms with Gasteiger partial charge in [0.05, 0.1) is 42.0 Å². The maximum absolute atomic E-state index is 15.2. The van der Waals surface area contributed by atoms with E-state index in [1.807, 2.05) is 12.1 Å². The van der Waals surface area contributed by atoms with Gasteiger partial charge in [0.1, 0.15) is 24.1 Å². The second-order valence-electron chi connectivity index (χ2n) is 9.63. The minimum absolute atomic E-state index is 0.0194. The van der Waals surface area contributed by atoms with Crippen LogP contribution in [-0.2, 0) is 22.3 Å². The lowest BCUT2D eigenvalue weighted by Gasteiger charge is -2.15. The number of aromatic nitrogens is 3. The fourth-order valence-electron chi connectivity index (χ4n) is 5.67. The molecule has 2 aliphatic heterocycles. The van der Waals surface area contributed by atoms with Gasteiger partial charge in [-0.2, -0.15) is 4.98 Å². The summed E-state index contributed by atoms with van der Waals surface area (Å²) in [5, 5.41) is 10.4. The number of rotatable bonds is 5. The number of pyridine rings is 1. The molecule has 3 aliphatic rings. The minimum Gasteiger partial charge on any atom is -0.472 e. The Balaban J connectivity index is 1.12. The maximum atomic E-state index is 15.2. The fourth-order valence-corrected chi connectivity index (χ4v) is 5.89. The van der Waals surface area contributed by atoms with Crippen molar-refractivity contribution in [1.29, 1.82) is 0 Å². The lowest BCUT2D eigenvalue weighted by atomic mass is 9.93. The third kappa shape index (κ3) is 3.69. The highest BCUT2D eigenvalue weighted by Gasteiger charge is 2.48. The summed E-state index contributed by atoms with van der Waals surface area (Å²) in [6.07, 6.45) is 3.58. The van der Waals surface area contributed by atoms with Crippen LogP contribution in [0.4, 0.5) is 4.39 Å². The molecule has 8 nitrogen and oxygen atoms in total. The number of furan rings is 1. The van der Waals surface area contributed by atoms with Gasteiger partial charge in [0.2, 0.25) is 0 Å². The third-order valence-corrected chi connectivity index (χ3v) is 7.73. The van der Waals surface area contributed by atoms with Crippen molar-refractivity contribution in [2.75, 3.05) is 13.2 Å². The number of fused-ring (bicyclic) bond motifs is 3. The van der Waals surface area contributed by atoms with Gasteiger partial charge >= 0.3 is 0 Å². The molecule has 1 unspecified atom stereocenters. The van der Waals surface area contributed by atoms with Gasteiger partial charge in [-0.25, -0.2) is 9.37 Å². The Bertz CT molecular complexity index is 1440. The van der Waals surface area contributed by atoms with Crippen LogP contribution in [0.5, 0.6) is 6.01 Å². The van der Waals surface area contributed by atoms with Crippen LogP contribution in [0.1, 0.15) is 29.2 Å². The number of aliphatic hydroxyl groups excluding tert-OH is 1. The number of aliphatic hydroxyl groups is 1. The average Bonchev–Trinajstić information content (AvgIpc) is 3.66. The summed E-state index contributed by atoms with van der Waals surface area (Å²) in [5.41, 5.74) is 5.22. The molecule has 186 valence electrons. The van der Waals surface area contributed by atoms with Gasteiger partial charge in [0.25, 0.3) is 6.01 Å². The third-order valence-electron chi connectivity index (χ3n) is 7.40. The van der Waals surface area contributed by atoms with Crippen LogP contribution >= 0.6 is 11.6 Å². The molecule has 3 aromatic heterocycles. The predicted molar refractivity (Wildman–Crippen MR) is 128 cm³/mol. The van der Waals surface area contributed by atoms with Crippen molar-refractivity contribution in [3.63, 3.8) is 0 Å². The van der Waals surface area contributed by atoms with Crippen molar-refractivity contribution in [3.8, 4) is 17.1 Å². The SMILES string of the molecule is O[C@@H]1CO[C@H]2[C@@H]1OC[C@H]2Oc1nc2nc(CC3CCc4cc(-c5ccoc5)cc(F)c43)c(Cl)cc2[nH]1. The zero-order valence-corrected chi connectivity index (χ0v) is 19.9. The molecule has 0 radical (unpaired) electrons. The first-order valence-corrected chi connectivity index (χ1v) is 12.4. The number of imidazole rings is 1. The monoisotopic (exact) mass is 511 g/mol. The Labute approximate surface area is 210 Å². The summed E-state index contributed by atoms with van der Waals surface area (Å²) in [4.78, 5) is 12.3. The molecule has 0 saturated carbocycles. The second kappa shape index (κ2) is 8.55. The van der Waals surface area contributed by atoms with Crippen molar-refractivity contribution in [1.82, 2.24) is 15.0 Å². The average molecular weight is 512 g/mol. The molecule has 2 N–H and O–H groups in total. The normalized spacial score (nSPS) is 27.0. The zero-order valence-electron chi connectivity index (χ0n) is 19.1. The predicted octanol–water partition coefficient (Wildman–Crippen LogP) is 4.19. The molecule has 1 aromatic carbocycles. The largest absolute Gasteiger partial charge is 0.472 e. The number of aryl methyl sites for hydroxylation is 1. The summed E-state index contributed by atoms with van der Waals surface area (Å²) in [6.45, 7) is 0.531. The summed E-state index contributed by atoms with van der Waals surface area (Å²) in [7, 11) is 0. The molecule has 2 saturated heterocycles. The van der Waals surface area contributed by atoms with Crippen molar-refractivity contribution in [3.05, 3.63) is 64.5 Å². The number of aromatic amines is 1. The number of ether oxygens (including phenoxy) is 3. The summed E-state index contributed by atoms with van der Waals surface area (Å²) >= 11 is 6.59. The number of hydrogen-bond acceptors (Lipinski definition) is 7. The molecule has 36 heavy (non-hydrogen) atoms. The first-order valence-electron chi connectivity index (χ1n) is 12.0. The fraction of sp³-hybridized carbons (Fsp3) is 0.385. The molecule has 4 aromatic rings. The second-order valence-corrected chi connectivity index (χ2v) is 10.0. The smallest absolute Gasteiger partial charge is 0.296 e. The first kappa shape index (κ1) is 22.2. The van der Waals surface area contributed by atoms with Crippen molar-refractivity contribution in [2.45, 2.75) is 49.6 Å². The van der Waals surface area contributed by atoms with Crippen LogP contribution in [0.25, 0.3) is 22.3 Å². The zero-order chi connectivity index (χ0) is 24.4. The Kier molecular flexibility index (Phi) is 5.28. The molecule has 7 rings (SSSR count). The number of halogens is 2. The van der Waals surface area contributed by atoms with E-state index < -0.39 is 6.10 Å². The van der Waals surface area contributed by atoms with Crippen LogP contribution in [-0.4, -0.2) is 57.7 Å². The molecular weight excluding hydrogens is 489 g/mol. The lowest BCUT2D eigenvalue weighted by Crippen LogP contribution is -2.34. The van der Waals surface area contributed by atoms with E-state index in [1.54, 1.807) is 24.7 Å². The van der Waals surface area contributed by atoms with E-state index in [0.717, 1.165) is 35.1 Å². The van der Waals surface area contributed by atoms with Gasteiger partial charge in [0, 0.05) is 5.56 Å². The van der Waals surface area contributed by atoms with E-state index in [-0.39, 0.29) is 42.7 Å². The molecule has 5 heterocycles. The van der Waals surface area contributed by atoms with Crippen LogP contribution in [0, 0.1) is 5.82 Å². The van der Waals surface area contributed by atoms with E-state index in [4.69, 9.17) is 30.2 Å². The number of H-pyrrole nitrogens is 1. The highest BCUT2D eigenvalue weighted by Crippen LogP contribution is 2.40. The Hall–Kier alpha value is -2.98. The molecule has 1 aliphatic carbocycles. The van der Waals surface area contributed by atoms with Crippen molar-refractivity contribution < 1.29 is 28.1 Å². The number of benzene rings is 1. The van der Waals surface area contributed by atoms with Gasteiger partial charge in [-0.3, -0.25) is 0 Å². The van der Waals surface area contributed by atoms with Gasteiger partial charge < -0.3 is 28.7 Å². The van der Waals surface area contributed by atoms with Gasteiger partial charge in [-0.15, -0.1) is 0 Å². The molecule has 2 fully saturated rings. The van der Waals surface area contributed by atoms with Crippen LogP contribution < -0.4 is 4.74 Å². The van der Waals surface area contributed by atoms with E-state index in [2.05, 4.69) is 15.0 Å². The molecule has 0 spiro atoms. The molecule has 5 atom stereocenters. The van der Waals surface area contributed by atoms with Crippen LogP contribution in [0.2, 0.25) is 5.02 Å². The van der Waals surface area contributed by atoms with E-state index in [9.17, 15) is 5.11 Å². The van der Waals surface area contributed by atoms with Crippen molar-refractivity contribution >= 4 is 22.8 Å². The summed E-state index contributed by atoms with van der Waals surface area (Å²) < 4.78 is 37.6. The Morgan fingerprint density at radius 1 is 1.14 bits per heavy atom. The van der Waals surface area contributed by atoms with Gasteiger partial charge in [-0.05, 0) is 60.1 Å². The highest BCUT2D eigenvalue weighted by atomic mass is 35.5. The van der Waals surface area contributed by atoms with E-state index in [1.165, 1.54) is 0 Å². The molecule has 0 bridgehead atoms. The molecular formula is C26H23ClFN3O5. The van der Waals surface area contributed by atoms with Crippen molar-refractivity contribution in [2.24, 2.45) is 0 Å². The van der Waals surface area contributed by atoms with E-state index in [0.29, 0.717) is 34.9 Å². The highest BCUT2D eigenvalue weighted by molar-refractivity contribution is 6.31. The topological polar surface area (TPSA) is 103 Å². The minimum atomic E-state index is -0.648. The van der Waals surface area contributed by atoms with Gasteiger partial charge in [0.15, 0.2) is 11.8 Å². The first-order chi connectivity index (χ1) is 17.5. The maximum Gasteiger partial charge on any atom is 0.296 e. The Morgan fingerprint density at radius 2 is 2.03 bits per heavy atom. The van der Waals surface area contributed by atoms with Crippen LogP contribution in [0.15, 0.2) is 41.2 Å². The van der Waals surface area contributed by atoms with Gasteiger partial charge in [-0.1, -0.05) is 17.7 Å². The van der Waals surface area contributed by atoms with Crippen LogP contribution in [0.3, 0.4) is 0 Å². The van der Waals surface area contributed by atoms with E-state index >= 15 is 4.39 Å². The number of nitrogens with zero attached hydrogens (tertiary/aromatic N) is 2. The summed E-state index contributed by atoms with van der Waals surface area (Å²) in [5.74, 6) is -0.232.